The largest absolute Gasteiger partial charge is 0.313 e. The van der Waals surface area contributed by atoms with Crippen LogP contribution in [0, 0.1) is 17.3 Å². The van der Waals surface area contributed by atoms with E-state index in [1.54, 1.807) is 0 Å². The van der Waals surface area contributed by atoms with Crippen LogP contribution in [-0.2, 0) is 4.79 Å². The minimum absolute atomic E-state index is 0.163. The molecule has 2 aliphatic heterocycles. The number of fused-ring (bicyclic) bond motifs is 3. The normalized spacial score (nSPS) is 37.2. The number of ketones is 1. The summed E-state index contributed by atoms with van der Waals surface area (Å²) in [5, 5.41) is 3.50. The Morgan fingerprint density at radius 1 is 1.29 bits per heavy atom. The summed E-state index contributed by atoms with van der Waals surface area (Å²) in [5.74, 6) is 1.51. The molecule has 3 atom stereocenters. The summed E-state index contributed by atoms with van der Waals surface area (Å²) < 4.78 is 0. The maximum Gasteiger partial charge on any atom is 0.142 e. The van der Waals surface area contributed by atoms with E-state index in [2.05, 4.69) is 5.32 Å². The Hall–Kier alpha value is -0.370. The van der Waals surface area contributed by atoms with E-state index in [1.807, 2.05) is 20.8 Å². The molecule has 3 rings (SSSR count). The van der Waals surface area contributed by atoms with Gasteiger partial charge in [0.05, 0.1) is 0 Å². The zero-order valence-electron chi connectivity index (χ0n) is 9.47. The third kappa shape index (κ3) is 1.72. The number of hydrogen-bond acceptors (Lipinski definition) is 2. The first-order valence-electron chi connectivity index (χ1n) is 5.76. The van der Waals surface area contributed by atoms with Crippen LogP contribution in [0.5, 0.6) is 0 Å². The minimum Gasteiger partial charge on any atom is -0.313 e. The van der Waals surface area contributed by atoms with Crippen LogP contribution < -0.4 is 5.32 Å². The number of hydrogen-bond donors (Lipinski definition) is 1. The van der Waals surface area contributed by atoms with Crippen LogP contribution in [0.2, 0.25) is 0 Å². The van der Waals surface area contributed by atoms with Gasteiger partial charge in [-0.1, -0.05) is 20.8 Å². The van der Waals surface area contributed by atoms with E-state index in [0.29, 0.717) is 17.7 Å². The lowest BCUT2D eigenvalue weighted by atomic mass is 9.68. The highest BCUT2D eigenvalue weighted by molar-refractivity contribution is 5.86. The second-order valence-electron chi connectivity index (χ2n) is 5.91. The molecule has 2 heteroatoms. The molecule has 0 aromatic heterocycles. The summed E-state index contributed by atoms with van der Waals surface area (Å²) in [5.41, 5.74) is -0.163. The predicted octanol–water partition coefficient (Wildman–Crippen LogP) is 1.99. The highest BCUT2D eigenvalue weighted by Gasteiger charge is 2.42. The van der Waals surface area contributed by atoms with Crippen molar-refractivity contribution in [3.63, 3.8) is 0 Å². The van der Waals surface area contributed by atoms with E-state index in [4.69, 9.17) is 0 Å². The van der Waals surface area contributed by atoms with Crippen molar-refractivity contribution in [2.24, 2.45) is 17.3 Å². The van der Waals surface area contributed by atoms with Gasteiger partial charge in [0.25, 0.3) is 0 Å². The van der Waals surface area contributed by atoms with Crippen LogP contribution in [0.3, 0.4) is 0 Å². The maximum atomic E-state index is 12.2. The summed E-state index contributed by atoms with van der Waals surface area (Å²) in [6, 6.07) is 0.478. The fourth-order valence-electron chi connectivity index (χ4n) is 2.85. The number of carbonyl (C=O) groups is 1. The molecule has 0 aromatic rings. The van der Waals surface area contributed by atoms with Crippen LogP contribution >= 0.6 is 0 Å². The summed E-state index contributed by atoms with van der Waals surface area (Å²) in [6.45, 7) is 7.26. The molecular weight excluding hydrogens is 174 g/mol. The van der Waals surface area contributed by atoms with Crippen molar-refractivity contribution in [1.29, 1.82) is 0 Å². The zero-order valence-corrected chi connectivity index (χ0v) is 9.47. The molecule has 1 saturated carbocycles. The first-order chi connectivity index (χ1) is 6.48. The summed E-state index contributed by atoms with van der Waals surface area (Å²) in [6.07, 6.45) is 3.66. The Balaban J connectivity index is 2.09. The first-order valence-corrected chi connectivity index (χ1v) is 5.76. The van der Waals surface area contributed by atoms with Crippen molar-refractivity contribution >= 4 is 5.78 Å². The van der Waals surface area contributed by atoms with E-state index in [9.17, 15) is 4.79 Å². The minimum atomic E-state index is -0.163. The number of rotatable bonds is 1. The lowest BCUT2D eigenvalue weighted by Gasteiger charge is -2.44. The second-order valence-corrected chi connectivity index (χ2v) is 5.91. The van der Waals surface area contributed by atoms with E-state index >= 15 is 0 Å². The Bertz CT molecular complexity index is 233. The van der Waals surface area contributed by atoms with Gasteiger partial charge in [-0.3, -0.25) is 4.79 Å². The summed E-state index contributed by atoms with van der Waals surface area (Å²) in [4.78, 5) is 12.2. The molecule has 0 aromatic carbocycles. The van der Waals surface area contributed by atoms with Crippen LogP contribution in [0.25, 0.3) is 0 Å². The van der Waals surface area contributed by atoms with Crippen molar-refractivity contribution in [2.75, 3.05) is 6.54 Å². The van der Waals surface area contributed by atoms with Gasteiger partial charge in [-0.15, -0.1) is 0 Å². The van der Waals surface area contributed by atoms with Gasteiger partial charge in [-0.05, 0) is 31.7 Å². The lowest BCUT2D eigenvalue weighted by Crippen LogP contribution is -2.54. The quantitative estimate of drug-likeness (QED) is 0.693. The lowest BCUT2D eigenvalue weighted by molar-refractivity contribution is -0.134. The second kappa shape index (κ2) is 3.34. The standard InChI is InChI=1S/C12H21NO/c1-12(2,3)11(14)9-6-8-4-5-10(9)13-7-8/h8-10,13H,4-7H2,1-3H3. The van der Waals surface area contributed by atoms with Gasteiger partial charge in [0.15, 0.2) is 0 Å². The molecule has 14 heavy (non-hydrogen) atoms. The molecule has 0 spiro atoms. The summed E-state index contributed by atoms with van der Waals surface area (Å²) in [7, 11) is 0. The molecule has 0 radical (unpaired) electrons. The van der Waals surface area contributed by atoms with Crippen molar-refractivity contribution in [3.8, 4) is 0 Å². The van der Waals surface area contributed by atoms with Crippen molar-refractivity contribution in [2.45, 2.75) is 46.1 Å². The Labute approximate surface area is 86.5 Å². The van der Waals surface area contributed by atoms with E-state index in [1.165, 1.54) is 12.8 Å². The first kappa shape index (κ1) is 10.2. The Kier molecular flexibility index (Phi) is 2.42. The average Bonchev–Trinajstić information content (AvgIpc) is 2.17. The number of piperidine rings is 2. The summed E-state index contributed by atoms with van der Waals surface area (Å²) >= 11 is 0. The molecule has 1 aliphatic carbocycles. The topological polar surface area (TPSA) is 29.1 Å². The van der Waals surface area contributed by atoms with Gasteiger partial charge in [-0.25, -0.2) is 0 Å². The maximum absolute atomic E-state index is 12.2. The predicted molar refractivity (Wildman–Crippen MR) is 57.1 cm³/mol. The molecule has 3 unspecified atom stereocenters. The monoisotopic (exact) mass is 195 g/mol. The molecular formula is C12H21NO. The zero-order chi connectivity index (χ0) is 10.3. The van der Waals surface area contributed by atoms with Gasteiger partial charge in [0.1, 0.15) is 5.78 Å². The Morgan fingerprint density at radius 3 is 2.36 bits per heavy atom. The molecule has 0 amide bonds. The van der Waals surface area contributed by atoms with Crippen LogP contribution in [0.15, 0.2) is 0 Å². The number of nitrogens with one attached hydrogen (secondary N) is 1. The van der Waals surface area contributed by atoms with Gasteiger partial charge in [0.2, 0.25) is 0 Å². The molecule has 3 fully saturated rings. The van der Waals surface area contributed by atoms with Crippen LogP contribution in [0.4, 0.5) is 0 Å². The number of carbonyl (C=O) groups excluding carboxylic acids is 1. The third-order valence-electron chi connectivity index (χ3n) is 3.70. The van der Waals surface area contributed by atoms with Gasteiger partial charge in [0, 0.05) is 17.4 Å². The molecule has 2 saturated heterocycles. The molecule has 80 valence electrons. The molecule has 1 N–H and O–H groups in total. The van der Waals surface area contributed by atoms with Crippen LogP contribution in [-0.4, -0.2) is 18.4 Å². The van der Waals surface area contributed by atoms with Gasteiger partial charge < -0.3 is 5.32 Å². The molecule has 3 aliphatic rings. The number of Topliss-reactive ketones (excluding diaryl/α,β-unsaturated/α-hetero) is 1. The molecule has 2 nitrogen and oxygen atoms in total. The third-order valence-corrected chi connectivity index (χ3v) is 3.70. The molecule has 2 heterocycles. The van der Waals surface area contributed by atoms with Crippen molar-refractivity contribution < 1.29 is 4.79 Å². The van der Waals surface area contributed by atoms with Gasteiger partial charge in [-0.2, -0.15) is 0 Å². The smallest absolute Gasteiger partial charge is 0.142 e. The van der Waals surface area contributed by atoms with Crippen molar-refractivity contribution in [1.82, 2.24) is 5.32 Å². The average molecular weight is 195 g/mol. The highest BCUT2D eigenvalue weighted by Crippen LogP contribution is 2.37. The highest BCUT2D eigenvalue weighted by atomic mass is 16.1. The Morgan fingerprint density at radius 2 is 2.00 bits per heavy atom. The van der Waals surface area contributed by atoms with Gasteiger partial charge >= 0.3 is 0 Å². The van der Waals surface area contributed by atoms with Crippen LogP contribution in [0.1, 0.15) is 40.0 Å². The molecule has 2 bridgehead atoms. The SMILES string of the molecule is CC(C)(C)C(=O)C1CC2CCC1NC2. The fourth-order valence-corrected chi connectivity index (χ4v) is 2.85. The van der Waals surface area contributed by atoms with E-state index in [0.717, 1.165) is 18.9 Å². The van der Waals surface area contributed by atoms with E-state index < -0.39 is 0 Å². The van der Waals surface area contributed by atoms with E-state index in [-0.39, 0.29) is 5.41 Å². The van der Waals surface area contributed by atoms with Crippen molar-refractivity contribution in [3.05, 3.63) is 0 Å². The fraction of sp³-hybridized carbons (Fsp3) is 0.917.